The third kappa shape index (κ3) is 1.94. The lowest BCUT2D eigenvalue weighted by molar-refractivity contribution is 0.0691. The van der Waals surface area contributed by atoms with Crippen LogP contribution in [-0.2, 0) is 0 Å². The van der Waals surface area contributed by atoms with E-state index in [4.69, 9.17) is 5.11 Å². The van der Waals surface area contributed by atoms with Gasteiger partial charge in [-0.25, -0.2) is 4.79 Å². The van der Waals surface area contributed by atoms with E-state index in [2.05, 4.69) is 20.9 Å². The summed E-state index contributed by atoms with van der Waals surface area (Å²) in [5.41, 5.74) is 0.963. The molecule has 3 nitrogen and oxygen atoms in total. The summed E-state index contributed by atoms with van der Waals surface area (Å²) in [5.74, 6) is -0.945. The van der Waals surface area contributed by atoms with Crippen molar-refractivity contribution >= 4 is 28.0 Å². The standard InChI is InChI=1S/C7H6BrNO2/c8-4-3-5-1-2-6(9-5)7(10)11/h1-4,9H,(H,10,11)/b4-3+. The highest BCUT2D eigenvalue weighted by Gasteiger charge is 2.02. The van der Waals surface area contributed by atoms with Gasteiger partial charge in [0, 0.05) is 5.69 Å². The van der Waals surface area contributed by atoms with E-state index in [-0.39, 0.29) is 5.69 Å². The lowest BCUT2D eigenvalue weighted by Gasteiger charge is -1.85. The van der Waals surface area contributed by atoms with Crippen LogP contribution in [0.2, 0.25) is 0 Å². The molecule has 11 heavy (non-hydrogen) atoms. The molecule has 0 radical (unpaired) electrons. The number of hydrogen-bond acceptors (Lipinski definition) is 1. The Morgan fingerprint density at radius 1 is 1.64 bits per heavy atom. The van der Waals surface area contributed by atoms with E-state index in [9.17, 15) is 4.79 Å². The van der Waals surface area contributed by atoms with Crippen molar-refractivity contribution in [2.45, 2.75) is 0 Å². The first kappa shape index (κ1) is 8.07. The molecular formula is C7H6BrNO2. The molecular weight excluding hydrogens is 210 g/mol. The quantitative estimate of drug-likeness (QED) is 0.794. The molecule has 0 saturated carbocycles. The van der Waals surface area contributed by atoms with E-state index in [1.54, 1.807) is 17.1 Å². The monoisotopic (exact) mass is 215 g/mol. The van der Waals surface area contributed by atoms with Gasteiger partial charge < -0.3 is 10.1 Å². The zero-order valence-corrected chi connectivity index (χ0v) is 7.13. The number of aromatic carboxylic acids is 1. The van der Waals surface area contributed by atoms with Crippen LogP contribution >= 0.6 is 15.9 Å². The second kappa shape index (κ2) is 3.39. The number of aromatic amines is 1. The van der Waals surface area contributed by atoms with Crippen molar-refractivity contribution < 1.29 is 9.90 Å². The van der Waals surface area contributed by atoms with Gasteiger partial charge in [0.05, 0.1) is 0 Å². The third-order valence-electron chi connectivity index (χ3n) is 1.18. The second-order valence-corrected chi connectivity index (χ2v) is 2.45. The van der Waals surface area contributed by atoms with Crippen LogP contribution in [-0.4, -0.2) is 16.1 Å². The van der Waals surface area contributed by atoms with E-state index in [1.165, 1.54) is 6.07 Å². The summed E-state index contributed by atoms with van der Waals surface area (Å²) in [7, 11) is 0. The number of carbonyl (C=O) groups is 1. The highest BCUT2D eigenvalue weighted by molar-refractivity contribution is 9.11. The summed E-state index contributed by atoms with van der Waals surface area (Å²) >= 11 is 3.08. The van der Waals surface area contributed by atoms with E-state index in [0.29, 0.717) is 0 Å². The van der Waals surface area contributed by atoms with E-state index in [0.717, 1.165) is 5.69 Å². The van der Waals surface area contributed by atoms with Gasteiger partial charge in [0.1, 0.15) is 5.69 Å². The van der Waals surface area contributed by atoms with Gasteiger partial charge in [-0.2, -0.15) is 0 Å². The molecule has 4 heteroatoms. The maximum atomic E-state index is 10.4. The fourth-order valence-corrected chi connectivity index (χ4v) is 0.987. The number of H-pyrrole nitrogens is 1. The third-order valence-corrected chi connectivity index (χ3v) is 1.45. The Labute approximate surface area is 71.9 Å². The second-order valence-electron chi connectivity index (χ2n) is 1.93. The number of halogens is 1. The fraction of sp³-hybridized carbons (Fsp3) is 0. The first-order valence-corrected chi connectivity index (χ1v) is 3.84. The topological polar surface area (TPSA) is 53.1 Å². The summed E-state index contributed by atoms with van der Waals surface area (Å²) in [6, 6.07) is 3.21. The predicted octanol–water partition coefficient (Wildman–Crippen LogP) is 2.08. The first-order valence-electron chi connectivity index (χ1n) is 2.93. The van der Waals surface area contributed by atoms with Crippen molar-refractivity contribution in [3.63, 3.8) is 0 Å². The lowest BCUT2D eigenvalue weighted by Crippen LogP contribution is -1.95. The Bertz CT molecular complexity index is 290. The zero-order chi connectivity index (χ0) is 8.27. The molecule has 0 atom stereocenters. The van der Waals surface area contributed by atoms with Crippen molar-refractivity contribution in [2.24, 2.45) is 0 Å². The minimum Gasteiger partial charge on any atom is -0.477 e. The molecule has 2 N–H and O–H groups in total. The molecule has 0 bridgehead atoms. The summed E-state index contributed by atoms with van der Waals surface area (Å²) in [4.78, 5) is 14.7. The molecule has 0 aliphatic heterocycles. The van der Waals surface area contributed by atoms with Gasteiger partial charge >= 0.3 is 5.97 Å². The van der Waals surface area contributed by atoms with Gasteiger partial charge in [-0.1, -0.05) is 15.9 Å². The number of aromatic nitrogens is 1. The first-order chi connectivity index (χ1) is 5.24. The fourth-order valence-electron chi connectivity index (χ4n) is 0.702. The Morgan fingerprint density at radius 3 is 2.82 bits per heavy atom. The Morgan fingerprint density at radius 2 is 2.36 bits per heavy atom. The Balaban J connectivity index is 2.90. The van der Waals surface area contributed by atoms with E-state index >= 15 is 0 Å². The Kier molecular flexibility index (Phi) is 2.48. The van der Waals surface area contributed by atoms with Crippen LogP contribution in [0, 0.1) is 0 Å². The molecule has 1 aromatic rings. The number of nitrogens with one attached hydrogen (secondary N) is 1. The van der Waals surface area contributed by atoms with Crippen molar-refractivity contribution in [1.82, 2.24) is 4.98 Å². The maximum Gasteiger partial charge on any atom is 0.352 e. The van der Waals surface area contributed by atoms with Crippen LogP contribution in [0.25, 0.3) is 6.08 Å². The van der Waals surface area contributed by atoms with Crippen LogP contribution in [0.4, 0.5) is 0 Å². The minimum absolute atomic E-state index is 0.200. The zero-order valence-electron chi connectivity index (χ0n) is 5.54. The number of rotatable bonds is 2. The molecule has 0 spiro atoms. The molecule has 1 heterocycles. The highest BCUT2D eigenvalue weighted by atomic mass is 79.9. The van der Waals surface area contributed by atoms with Gasteiger partial charge in [0.25, 0.3) is 0 Å². The average Bonchev–Trinajstić information content (AvgIpc) is 2.37. The van der Waals surface area contributed by atoms with Crippen molar-refractivity contribution in [2.75, 3.05) is 0 Å². The summed E-state index contributed by atoms with van der Waals surface area (Å²) < 4.78 is 0. The smallest absolute Gasteiger partial charge is 0.352 e. The van der Waals surface area contributed by atoms with Gasteiger partial charge in [0.15, 0.2) is 0 Å². The average molecular weight is 216 g/mol. The van der Waals surface area contributed by atoms with Crippen molar-refractivity contribution in [3.8, 4) is 0 Å². The lowest BCUT2D eigenvalue weighted by atomic mass is 10.4. The predicted molar refractivity (Wildman–Crippen MR) is 45.7 cm³/mol. The van der Waals surface area contributed by atoms with Gasteiger partial charge in [-0.3, -0.25) is 0 Å². The molecule has 0 saturated heterocycles. The molecule has 0 fully saturated rings. The SMILES string of the molecule is O=C(O)c1ccc(/C=C/Br)[nH]1. The normalized spacial score (nSPS) is 10.6. The summed E-state index contributed by atoms with van der Waals surface area (Å²) in [5, 5.41) is 8.50. The Hall–Kier alpha value is -1.03. The largest absolute Gasteiger partial charge is 0.477 e. The van der Waals surface area contributed by atoms with Crippen LogP contribution in [0.5, 0.6) is 0 Å². The molecule has 0 amide bonds. The molecule has 0 aliphatic carbocycles. The number of hydrogen-bond donors (Lipinski definition) is 2. The van der Waals surface area contributed by atoms with Crippen LogP contribution in [0.3, 0.4) is 0 Å². The molecule has 0 aromatic carbocycles. The van der Waals surface area contributed by atoms with Crippen molar-refractivity contribution in [1.29, 1.82) is 0 Å². The molecule has 1 aromatic heterocycles. The number of carboxylic acid groups (broad SMARTS) is 1. The van der Waals surface area contributed by atoms with Crippen LogP contribution < -0.4 is 0 Å². The van der Waals surface area contributed by atoms with Crippen LogP contribution in [0.15, 0.2) is 17.1 Å². The number of carboxylic acids is 1. The molecule has 0 unspecified atom stereocenters. The summed E-state index contributed by atoms with van der Waals surface area (Å²) in [6.07, 6.45) is 1.73. The van der Waals surface area contributed by atoms with E-state index in [1.807, 2.05) is 0 Å². The molecule has 58 valence electrons. The van der Waals surface area contributed by atoms with Crippen LogP contribution in [0.1, 0.15) is 16.2 Å². The van der Waals surface area contributed by atoms with E-state index < -0.39 is 5.97 Å². The van der Waals surface area contributed by atoms with Gasteiger partial charge in [0.2, 0.25) is 0 Å². The molecule has 0 aliphatic rings. The van der Waals surface area contributed by atoms with Gasteiger partial charge in [-0.05, 0) is 23.2 Å². The van der Waals surface area contributed by atoms with Crippen molar-refractivity contribution in [3.05, 3.63) is 28.5 Å². The minimum atomic E-state index is -0.945. The maximum absolute atomic E-state index is 10.4. The summed E-state index contributed by atoms with van der Waals surface area (Å²) in [6.45, 7) is 0. The highest BCUT2D eigenvalue weighted by Crippen LogP contribution is 2.04. The molecule has 1 rings (SSSR count). The van der Waals surface area contributed by atoms with Gasteiger partial charge in [-0.15, -0.1) is 0 Å².